The highest BCUT2D eigenvalue weighted by Crippen LogP contribution is 2.21. The molecule has 0 fully saturated rings. The van der Waals surface area contributed by atoms with Crippen LogP contribution in [0.25, 0.3) is 0 Å². The van der Waals surface area contributed by atoms with Gasteiger partial charge in [-0.3, -0.25) is 4.79 Å². The maximum Gasteiger partial charge on any atom is 0.339 e. The molecule has 0 saturated heterocycles. The Morgan fingerprint density at radius 3 is 2.68 bits per heavy atom. The van der Waals surface area contributed by atoms with Gasteiger partial charge in [0.05, 0.1) is 6.42 Å². The quantitative estimate of drug-likeness (QED) is 0.749. The van der Waals surface area contributed by atoms with Gasteiger partial charge in [-0.2, -0.15) is 0 Å². The van der Waals surface area contributed by atoms with Gasteiger partial charge in [-0.1, -0.05) is 6.07 Å². The number of aromatic hydroxyl groups is 1. The van der Waals surface area contributed by atoms with Gasteiger partial charge in [0.2, 0.25) is 5.91 Å². The summed E-state index contributed by atoms with van der Waals surface area (Å²) in [6.07, 6.45) is 0.237. The number of carbonyl (C=O) groups excluding carboxylic acids is 1. The summed E-state index contributed by atoms with van der Waals surface area (Å²) >= 11 is 1.48. The van der Waals surface area contributed by atoms with Crippen molar-refractivity contribution in [1.82, 2.24) is 0 Å². The molecule has 3 N–H and O–H groups in total. The van der Waals surface area contributed by atoms with Crippen molar-refractivity contribution in [2.24, 2.45) is 0 Å². The number of amides is 1. The average molecular weight is 277 g/mol. The third-order valence-corrected chi connectivity index (χ3v) is 3.30. The molecule has 6 heteroatoms. The highest BCUT2D eigenvalue weighted by Gasteiger charge is 2.11. The molecule has 0 radical (unpaired) electrons. The van der Waals surface area contributed by atoms with E-state index in [9.17, 15) is 14.7 Å². The Balaban J connectivity index is 2.09. The summed E-state index contributed by atoms with van der Waals surface area (Å²) in [5.41, 5.74) is 0.102. The minimum atomic E-state index is -1.24. The van der Waals surface area contributed by atoms with Crippen LogP contribution in [0, 0.1) is 0 Å². The van der Waals surface area contributed by atoms with Crippen LogP contribution >= 0.6 is 11.3 Å². The Bertz CT molecular complexity index is 607. The minimum absolute atomic E-state index is 0.232. The van der Waals surface area contributed by atoms with Crippen LogP contribution in [0.15, 0.2) is 35.7 Å². The number of carboxylic acid groups (broad SMARTS) is 1. The molecule has 0 aliphatic carbocycles. The first-order chi connectivity index (χ1) is 9.06. The number of hydrogen-bond acceptors (Lipinski definition) is 4. The first-order valence-corrected chi connectivity index (χ1v) is 6.33. The highest BCUT2D eigenvalue weighted by molar-refractivity contribution is 7.10. The van der Waals surface area contributed by atoms with Gasteiger partial charge in [-0.15, -0.1) is 11.3 Å². The predicted molar refractivity (Wildman–Crippen MR) is 71.7 cm³/mol. The van der Waals surface area contributed by atoms with Crippen molar-refractivity contribution in [3.05, 3.63) is 46.2 Å². The predicted octanol–water partition coefficient (Wildman–Crippen LogP) is 2.33. The van der Waals surface area contributed by atoms with E-state index in [1.165, 1.54) is 29.5 Å². The fourth-order valence-corrected chi connectivity index (χ4v) is 2.27. The average Bonchev–Trinajstić information content (AvgIpc) is 2.84. The third-order valence-electron chi connectivity index (χ3n) is 2.43. The zero-order valence-corrected chi connectivity index (χ0v) is 10.6. The second-order valence-corrected chi connectivity index (χ2v) is 4.87. The number of rotatable bonds is 4. The molecule has 2 aromatic rings. The van der Waals surface area contributed by atoms with E-state index in [-0.39, 0.29) is 23.6 Å². The first-order valence-electron chi connectivity index (χ1n) is 5.45. The van der Waals surface area contributed by atoms with Crippen molar-refractivity contribution in [2.45, 2.75) is 6.42 Å². The maximum absolute atomic E-state index is 11.7. The van der Waals surface area contributed by atoms with Gasteiger partial charge in [-0.25, -0.2) is 4.79 Å². The lowest BCUT2D eigenvalue weighted by Gasteiger charge is -2.06. The number of anilines is 1. The van der Waals surface area contributed by atoms with Crippen molar-refractivity contribution in [1.29, 1.82) is 0 Å². The lowest BCUT2D eigenvalue weighted by Crippen LogP contribution is -2.14. The van der Waals surface area contributed by atoms with E-state index < -0.39 is 5.97 Å². The summed E-state index contributed by atoms with van der Waals surface area (Å²) in [6, 6.07) is 7.63. The number of phenols is 1. The van der Waals surface area contributed by atoms with Crippen LogP contribution < -0.4 is 5.32 Å². The van der Waals surface area contributed by atoms with Crippen LogP contribution in [0.1, 0.15) is 15.2 Å². The topological polar surface area (TPSA) is 86.6 Å². The number of carbonyl (C=O) groups is 2. The molecule has 1 aromatic heterocycles. The third kappa shape index (κ3) is 3.32. The SMILES string of the molecule is O=C(Cc1cccs1)Nc1ccc(O)c(C(=O)O)c1. The van der Waals surface area contributed by atoms with Gasteiger partial charge >= 0.3 is 5.97 Å². The molecule has 98 valence electrons. The van der Waals surface area contributed by atoms with Gasteiger partial charge in [-0.05, 0) is 29.6 Å². The molecule has 0 bridgehead atoms. The largest absolute Gasteiger partial charge is 0.507 e. The number of nitrogens with one attached hydrogen (secondary N) is 1. The maximum atomic E-state index is 11.7. The van der Waals surface area contributed by atoms with Crippen molar-refractivity contribution in [2.75, 3.05) is 5.32 Å². The summed E-state index contributed by atoms with van der Waals surface area (Å²) in [5.74, 6) is -1.81. The molecule has 0 aliphatic rings. The van der Waals surface area contributed by atoms with Crippen LogP contribution in [0.3, 0.4) is 0 Å². The Morgan fingerprint density at radius 1 is 1.26 bits per heavy atom. The fraction of sp³-hybridized carbons (Fsp3) is 0.0769. The van der Waals surface area contributed by atoms with Crippen LogP contribution in [0.5, 0.6) is 5.75 Å². The molecule has 0 unspecified atom stereocenters. The second-order valence-electron chi connectivity index (χ2n) is 3.84. The molecule has 1 amide bonds. The standard InChI is InChI=1S/C13H11NO4S/c15-11-4-3-8(6-10(11)13(17)18)14-12(16)7-9-2-1-5-19-9/h1-6,15H,7H2,(H,14,16)(H,17,18). The summed E-state index contributed by atoms with van der Waals surface area (Å²) in [7, 11) is 0. The lowest BCUT2D eigenvalue weighted by molar-refractivity contribution is -0.115. The molecule has 0 spiro atoms. The molecular weight excluding hydrogens is 266 g/mol. The first kappa shape index (κ1) is 13.1. The summed E-state index contributed by atoms with van der Waals surface area (Å²) in [5, 5.41) is 22.7. The van der Waals surface area contributed by atoms with Crippen molar-refractivity contribution in [3.63, 3.8) is 0 Å². The molecule has 2 rings (SSSR count). The van der Waals surface area contributed by atoms with E-state index in [1.807, 2.05) is 17.5 Å². The van der Waals surface area contributed by atoms with Crippen LogP contribution in [0.4, 0.5) is 5.69 Å². The monoisotopic (exact) mass is 277 g/mol. The van der Waals surface area contributed by atoms with E-state index in [4.69, 9.17) is 5.11 Å². The van der Waals surface area contributed by atoms with Gasteiger partial charge < -0.3 is 15.5 Å². The normalized spacial score (nSPS) is 10.1. The smallest absolute Gasteiger partial charge is 0.339 e. The molecule has 0 aliphatic heterocycles. The van der Waals surface area contributed by atoms with Gasteiger partial charge in [0.15, 0.2) is 0 Å². The molecule has 19 heavy (non-hydrogen) atoms. The lowest BCUT2D eigenvalue weighted by atomic mass is 10.1. The Labute approximate surface area is 113 Å². The summed E-state index contributed by atoms with van der Waals surface area (Å²) < 4.78 is 0. The molecule has 1 aromatic carbocycles. The van der Waals surface area contributed by atoms with E-state index >= 15 is 0 Å². The van der Waals surface area contributed by atoms with Gasteiger partial charge in [0.25, 0.3) is 0 Å². The minimum Gasteiger partial charge on any atom is -0.507 e. The van der Waals surface area contributed by atoms with Gasteiger partial charge in [0, 0.05) is 10.6 Å². The summed E-state index contributed by atoms with van der Waals surface area (Å²) in [6.45, 7) is 0. The van der Waals surface area contributed by atoms with Gasteiger partial charge in [0.1, 0.15) is 11.3 Å². The van der Waals surface area contributed by atoms with E-state index in [0.29, 0.717) is 5.69 Å². The molecule has 5 nitrogen and oxygen atoms in total. The number of aromatic carboxylic acids is 1. The van der Waals surface area contributed by atoms with E-state index in [1.54, 1.807) is 0 Å². The number of hydrogen-bond donors (Lipinski definition) is 3. The second kappa shape index (κ2) is 5.53. The van der Waals surface area contributed by atoms with Crippen LogP contribution in [0.2, 0.25) is 0 Å². The number of carboxylic acids is 1. The van der Waals surface area contributed by atoms with Crippen molar-refractivity contribution >= 4 is 28.9 Å². The van der Waals surface area contributed by atoms with Crippen molar-refractivity contribution < 1.29 is 19.8 Å². The Morgan fingerprint density at radius 2 is 2.05 bits per heavy atom. The zero-order valence-electron chi connectivity index (χ0n) is 9.79. The van der Waals surface area contributed by atoms with E-state index in [0.717, 1.165) is 4.88 Å². The van der Waals surface area contributed by atoms with Crippen molar-refractivity contribution in [3.8, 4) is 5.75 Å². The highest BCUT2D eigenvalue weighted by atomic mass is 32.1. The number of thiophene rings is 1. The molecule has 0 atom stereocenters. The molecular formula is C13H11NO4S. The molecule has 1 heterocycles. The Kier molecular flexibility index (Phi) is 3.82. The zero-order chi connectivity index (χ0) is 13.8. The Hall–Kier alpha value is -2.34. The fourth-order valence-electron chi connectivity index (χ4n) is 1.56. The van der Waals surface area contributed by atoms with E-state index in [2.05, 4.69) is 5.32 Å². The van der Waals surface area contributed by atoms with Crippen LogP contribution in [-0.4, -0.2) is 22.1 Å². The number of benzene rings is 1. The summed E-state index contributed by atoms with van der Waals surface area (Å²) in [4.78, 5) is 23.5. The molecule has 0 saturated carbocycles. The van der Waals surface area contributed by atoms with Crippen LogP contribution in [-0.2, 0) is 11.2 Å².